The van der Waals surface area contributed by atoms with E-state index in [1.165, 1.54) is 37.5 Å². The molecule has 1 heterocycles. The van der Waals surface area contributed by atoms with Crippen LogP contribution in [0, 0.1) is 6.92 Å². The van der Waals surface area contributed by atoms with Crippen molar-refractivity contribution in [3.63, 3.8) is 0 Å². The van der Waals surface area contributed by atoms with Gasteiger partial charge in [-0.15, -0.1) is 13.2 Å². The number of amides is 2. The Labute approximate surface area is 215 Å². The van der Waals surface area contributed by atoms with Crippen LogP contribution in [0.2, 0.25) is 0 Å². The quantitative estimate of drug-likeness (QED) is 0.359. The van der Waals surface area contributed by atoms with Crippen molar-refractivity contribution in [3.8, 4) is 22.6 Å². The summed E-state index contributed by atoms with van der Waals surface area (Å²) in [5.41, 5.74) is 1.07. The summed E-state index contributed by atoms with van der Waals surface area (Å²) in [4.78, 5) is 37.4. The minimum Gasteiger partial charge on any atom is -0.505 e. The van der Waals surface area contributed by atoms with Crippen molar-refractivity contribution in [2.45, 2.75) is 32.7 Å². The van der Waals surface area contributed by atoms with Crippen molar-refractivity contribution in [1.29, 1.82) is 0 Å². The number of carbonyl (C=O) groups excluding carboxylic acids is 2. The van der Waals surface area contributed by atoms with Gasteiger partial charge >= 0.3 is 18.4 Å². The number of hydrogen-bond acceptors (Lipinski definition) is 6. The number of pyridine rings is 1. The number of esters is 1. The first-order chi connectivity index (χ1) is 17.9. The molecule has 0 radical (unpaired) electrons. The molecule has 2 aromatic carbocycles. The summed E-state index contributed by atoms with van der Waals surface area (Å²) >= 11 is 0. The Hall–Kier alpha value is -4.48. The maximum Gasteiger partial charge on any atom is 0.573 e. The minimum atomic E-state index is -4.85. The third-order valence-corrected chi connectivity index (χ3v) is 5.37. The highest BCUT2D eigenvalue weighted by atomic mass is 19.4. The normalized spacial score (nSPS) is 11.9. The summed E-state index contributed by atoms with van der Waals surface area (Å²) in [5, 5.41) is 14.9. The SMILES string of the molecule is CCOC(=O)CC(NC(=O)Nc1c(O)ccn(C)c1=O)c1cc(C)cc(-c2cccc(OC(F)(F)F)c2)c1. The second kappa shape index (κ2) is 11.7. The van der Waals surface area contributed by atoms with E-state index < -0.39 is 41.5 Å². The fraction of sp³-hybridized carbons (Fsp3) is 0.269. The Morgan fingerprint density at radius 2 is 1.84 bits per heavy atom. The van der Waals surface area contributed by atoms with Crippen molar-refractivity contribution in [1.82, 2.24) is 9.88 Å². The molecule has 1 aromatic heterocycles. The smallest absolute Gasteiger partial charge is 0.505 e. The van der Waals surface area contributed by atoms with Crippen molar-refractivity contribution >= 4 is 17.7 Å². The molecule has 3 rings (SSSR count). The van der Waals surface area contributed by atoms with Crippen LogP contribution >= 0.6 is 0 Å². The molecule has 0 aliphatic heterocycles. The number of ether oxygens (including phenoxy) is 2. The van der Waals surface area contributed by atoms with Gasteiger partial charge in [-0.25, -0.2) is 4.79 Å². The molecule has 0 bridgehead atoms. The molecule has 12 heteroatoms. The second-order valence-electron chi connectivity index (χ2n) is 8.36. The average Bonchev–Trinajstić information content (AvgIpc) is 2.83. The summed E-state index contributed by atoms with van der Waals surface area (Å²) in [6, 6.07) is 9.85. The second-order valence-corrected chi connectivity index (χ2v) is 8.36. The number of aromatic nitrogens is 1. The van der Waals surface area contributed by atoms with Gasteiger partial charge in [0, 0.05) is 13.2 Å². The van der Waals surface area contributed by atoms with Gasteiger partial charge in [-0.3, -0.25) is 9.59 Å². The third kappa shape index (κ3) is 7.51. The zero-order chi connectivity index (χ0) is 28.0. The Balaban J connectivity index is 1.95. The van der Waals surface area contributed by atoms with Crippen LogP contribution < -0.4 is 20.9 Å². The zero-order valence-corrected chi connectivity index (χ0v) is 20.8. The Bertz CT molecular complexity index is 1390. The fourth-order valence-electron chi connectivity index (χ4n) is 3.74. The largest absolute Gasteiger partial charge is 0.573 e. The summed E-state index contributed by atoms with van der Waals surface area (Å²) in [6.07, 6.45) is -3.81. The van der Waals surface area contributed by atoms with Gasteiger partial charge in [-0.2, -0.15) is 0 Å². The van der Waals surface area contributed by atoms with Crippen molar-refractivity contribution in [2.75, 3.05) is 11.9 Å². The lowest BCUT2D eigenvalue weighted by molar-refractivity contribution is -0.274. The summed E-state index contributed by atoms with van der Waals surface area (Å²) < 4.78 is 48.3. The maximum atomic E-state index is 12.8. The molecule has 2 amide bonds. The Morgan fingerprint density at radius 3 is 2.53 bits per heavy atom. The van der Waals surface area contributed by atoms with Crippen LogP contribution in [0.5, 0.6) is 11.5 Å². The monoisotopic (exact) mass is 533 g/mol. The van der Waals surface area contributed by atoms with E-state index in [0.717, 1.165) is 4.57 Å². The van der Waals surface area contributed by atoms with E-state index in [2.05, 4.69) is 15.4 Å². The molecular weight excluding hydrogens is 507 g/mol. The van der Waals surface area contributed by atoms with E-state index in [-0.39, 0.29) is 18.7 Å². The number of aromatic hydroxyl groups is 1. The molecule has 1 unspecified atom stereocenters. The Morgan fingerprint density at radius 1 is 1.11 bits per heavy atom. The van der Waals surface area contributed by atoms with Crippen LogP contribution in [0.1, 0.15) is 30.5 Å². The molecule has 0 saturated heterocycles. The fourth-order valence-corrected chi connectivity index (χ4v) is 3.74. The summed E-state index contributed by atoms with van der Waals surface area (Å²) in [5.74, 6) is -1.45. The van der Waals surface area contributed by atoms with Gasteiger partial charge in [-0.1, -0.05) is 29.8 Å². The number of nitrogens with one attached hydrogen (secondary N) is 2. The zero-order valence-electron chi connectivity index (χ0n) is 20.8. The van der Waals surface area contributed by atoms with Gasteiger partial charge in [0.25, 0.3) is 5.56 Å². The summed E-state index contributed by atoms with van der Waals surface area (Å²) in [6.45, 7) is 3.48. The highest BCUT2D eigenvalue weighted by Crippen LogP contribution is 2.31. The molecule has 3 aromatic rings. The third-order valence-electron chi connectivity index (χ3n) is 5.37. The van der Waals surface area contributed by atoms with E-state index in [4.69, 9.17) is 4.74 Å². The van der Waals surface area contributed by atoms with E-state index in [1.54, 1.807) is 38.1 Å². The average molecular weight is 534 g/mol. The van der Waals surface area contributed by atoms with Gasteiger partial charge in [0.15, 0.2) is 5.69 Å². The standard InChI is InChI=1S/C26H26F3N3O6/c1-4-37-22(34)14-20(30-25(36)31-23-21(33)8-9-32(3)24(23)35)18-11-15(2)10-17(12-18)16-6-5-7-19(13-16)38-26(27,28)29/h5-13,20,33H,4,14H2,1-3H3,(H2,30,31,36). The lowest BCUT2D eigenvalue weighted by Gasteiger charge is -2.21. The predicted molar refractivity (Wildman–Crippen MR) is 133 cm³/mol. The first-order valence-corrected chi connectivity index (χ1v) is 11.5. The van der Waals surface area contributed by atoms with Gasteiger partial charge in [0.1, 0.15) is 11.5 Å². The number of carbonyl (C=O) groups is 2. The van der Waals surface area contributed by atoms with Crippen LogP contribution in [0.3, 0.4) is 0 Å². The van der Waals surface area contributed by atoms with E-state index in [9.17, 15) is 32.7 Å². The number of halogens is 3. The maximum absolute atomic E-state index is 12.8. The molecule has 0 saturated carbocycles. The molecule has 3 N–H and O–H groups in total. The molecule has 38 heavy (non-hydrogen) atoms. The first kappa shape index (κ1) is 28.1. The van der Waals surface area contributed by atoms with Gasteiger partial charge in [-0.05, 0) is 54.8 Å². The van der Waals surface area contributed by atoms with Crippen molar-refractivity contribution < 1.29 is 37.3 Å². The van der Waals surface area contributed by atoms with Crippen LogP contribution in [-0.4, -0.2) is 34.6 Å². The van der Waals surface area contributed by atoms with E-state index in [0.29, 0.717) is 22.3 Å². The number of hydrogen-bond donors (Lipinski definition) is 3. The highest BCUT2D eigenvalue weighted by molar-refractivity contribution is 5.91. The molecule has 1 atom stereocenters. The number of benzene rings is 2. The van der Waals surface area contributed by atoms with Crippen molar-refractivity contribution in [3.05, 3.63) is 76.2 Å². The molecule has 0 aliphatic carbocycles. The van der Waals surface area contributed by atoms with Crippen LogP contribution in [0.4, 0.5) is 23.7 Å². The predicted octanol–water partition coefficient (Wildman–Crippen LogP) is 4.78. The van der Waals surface area contributed by atoms with Crippen LogP contribution in [-0.2, 0) is 16.6 Å². The van der Waals surface area contributed by atoms with Gasteiger partial charge in [0.2, 0.25) is 0 Å². The number of nitrogens with zero attached hydrogens (tertiary/aromatic N) is 1. The lowest BCUT2D eigenvalue weighted by Crippen LogP contribution is -2.36. The lowest BCUT2D eigenvalue weighted by atomic mass is 9.95. The number of alkyl halides is 3. The summed E-state index contributed by atoms with van der Waals surface area (Å²) in [7, 11) is 1.44. The van der Waals surface area contributed by atoms with Gasteiger partial charge < -0.3 is 29.8 Å². The van der Waals surface area contributed by atoms with Crippen molar-refractivity contribution in [2.24, 2.45) is 7.05 Å². The van der Waals surface area contributed by atoms with Gasteiger partial charge in [0.05, 0.1) is 19.1 Å². The number of rotatable bonds is 8. The molecule has 0 aliphatic rings. The van der Waals surface area contributed by atoms with Crippen LogP contribution in [0.15, 0.2) is 59.5 Å². The van der Waals surface area contributed by atoms with E-state index in [1.807, 2.05) is 0 Å². The number of urea groups is 1. The van der Waals surface area contributed by atoms with Crippen LogP contribution in [0.25, 0.3) is 11.1 Å². The topological polar surface area (TPSA) is 119 Å². The molecule has 0 spiro atoms. The molecule has 202 valence electrons. The Kier molecular flexibility index (Phi) is 8.66. The highest BCUT2D eigenvalue weighted by Gasteiger charge is 2.31. The molecule has 9 nitrogen and oxygen atoms in total. The first-order valence-electron chi connectivity index (χ1n) is 11.5. The molecule has 0 fully saturated rings. The minimum absolute atomic E-state index is 0.108. The van der Waals surface area contributed by atoms with E-state index >= 15 is 0 Å². The molecular formula is C26H26F3N3O6. The number of aryl methyl sites for hydroxylation is 2. The number of anilines is 1.